The fraction of sp³-hybridized carbons (Fsp3) is 0.333. The second kappa shape index (κ2) is 10.1. The molecule has 0 N–H and O–H groups in total. The van der Waals surface area contributed by atoms with Crippen LogP contribution in [0.15, 0.2) is 54.7 Å². The highest BCUT2D eigenvalue weighted by Crippen LogP contribution is 2.41. The highest BCUT2D eigenvalue weighted by molar-refractivity contribution is 6.08. The Hall–Kier alpha value is -4.24. The number of nitrogens with zero attached hydrogens (tertiary/aromatic N) is 5. The summed E-state index contributed by atoms with van der Waals surface area (Å²) in [5.74, 6) is 0.755. The number of aromatic nitrogens is 5. The Bertz CT molecular complexity index is 1650. The van der Waals surface area contributed by atoms with Gasteiger partial charge in [-0.15, -0.1) is 5.10 Å². The summed E-state index contributed by atoms with van der Waals surface area (Å²) in [5.41, 5.74) is 7.15. The van der Waals surface area contributed by atoms with Gasteiger partial charge in [-0.1, -0.05) is 17.3 Å². The predicted octanol–water partition coefficient (Wildman–Crippen LogP) is 5.10. The number of rotatable bonds is 6. The van der Waals surface area contributed by atoms with Gasteiger partial charge in [0.2, 0.25) is 0 Å². The molecule has 1 unspecified atom stereocenters. The third-order valence-electron chi connectivity index (χ3n) is 7.78. The van der Waals surface area contributed by atoms with Crippen molar-refractivity contribution in [3.63, 3.8) is 0 Å². The lowest BCUT2D eigenvalue weighted by Crippen LogP contribution is -2.27. The average Bonchev–Trinajstić information content (AvgIpc) is 3.48. The third kappa shape index (κ3) is 4.32. The summed E-state index contributed by atoms with van der Waals surface area (Å²) >= 11 is 0. The van der Waals surface area contributed by atoms with Crippen molar-refractivity contribution in [1.29, 1.82) is 0 Å². The van der Waals surface area contributed by atoms with Crippen LogP contribution in [-0.2, 0) is 16.5 Å². The molecule has 200 valence electrons. The number of benzene rings is 2. The molecule has 1 atom stereocenters. The van der Waals surface area contributed by atoms with Crippen LogP contribution in [-0.4, -0.2) is 57.9 Å². The molecule has 1 saturated heterocycles. The molecule has 6 rings (SSSR count). The van der Waals surface area contributed by atoms with Crippen LogP contribution in [0.2, 0.25) is 0 Å². The van der Waals surface area contributed by atoms with E-state index >= 15 is 0 Å². The van der Waals surface area contributed by atoms with Crippen molar-refractivity contribution in [2.24, 2.45) is 13.0 Å². The Morgan fingerprint density at radius 2 is 1.82 bits per heavy atom. The van der Waals surface area contributed by atoms with Gasteiger partial charge in [-0.05, 0) is 67.6 Å². The topological polar surface area (TPSA) is 93.3 Å². The van der Waals surface area contributed by atoms with E-state index in [1.807, 2.05) is 44.4 Å². The number of methoxy groups -OCH3 is 2. The standard InChI is InChI=1S/C30H31N5O4/c1-18-28(34(2)33-32-18)22-16-26-27(31-17-22)24-10-7-21(30(36)38-4)15-25(24)35(26)29(20-11-13-39-14-12-20)19-5-8-23(37-3)9-6-19/h5-10,15-17,20,29H,11-14H2,1-4H3. The van der Waals surface area contributed by atoms with E-state index in [2.05, 4.69) is 33.1 Å². The highest BCUT2D eigenvalue weighted by Gasteiger charge is 2.31. The molecule has 0 radical (unpaired) electrons. The highest BCUT2D eigenvalue weighted by atomic mass is 16.5. The molecule has 3 aromatic heterocycles. The molecule has 9 nitrogen and oxygen atoms in total. The van der Waals surface area contributed by atoms with Crippen LogP contribution in [0.25, 0.3) is 33.2 Å². The van der Waals surface area contributed by atoms with Crippen LogP contribution in [0, 0.1) is 12.8 Å². The molecule has 4 heterocycles. The number of fused-ring (bicyclic) bond motifs is 3. The van der Waals surface area contributed by atoms with E-state index in [1.165, 1.54) is 7.11 Å². The van der Waals surface area contributed by atoms with Gasteiger partial charge < -0.3 is 18.8 Å². The number of esters is 1. The Kier molecular flexibility index (Phi) is 6.52. The van der Waals surface area contributed by atoms with Gasteiger partial charge in [-0.2, -0.15) is 0 Å². The van der Waals surface area contributed by atoms with Crippen molar-refractivity contribution in [3.05, 3.63) is 71.5 Å². The van der Waals surface area contributed by atoms with Gasteiger partial charge >= 0.3 is 5.97 Å². The largest absolute Gasteiger partial charge is 0.497 e. The van der Waals surface area contributed by atoms with Gasteiger partial charge in [0.05, 0.1) is 53.8 Å². The quantitative estimate of drug-likeness (QED) is 0.285. The first-order valence-corrected chi connectivity index (χ1v) is 13.1. The maximum atomic E-state index is 12.6. The van der Waals surface area contributed by atoms with Crippen molar-refractivity contribution in [3.8, 4) is 17.0 Å². The first-order valence-electron chi connectivity index (χ1n) is 13.1. The number of hydrogen-bond acceptors (Lipinski definition) is 7. The lowest BCUT2D eigenvalue weighted by Gasteiger charge is -2.33. The minimum absolute atomic E-state index is 0.0180. The molecular weight excluding hydrogens is 494 g/mol. The van der Waals surface area contributed by atoms with Crippen LogP contribution in [0.1, 0.15) is 40.5 Å². The molecule has 9 heteroatoms. The molecule has 1 aliphatic rings. The molecule has 0 spiro atoms. The van der Waals surface area contributed by atoms with Gasteiger partial charge in [-0.3, -0.25) is 4.98 Å². The van der Waals surface area contributed by atoms with Crippen LogP contribution < -0.4 is 4.74 Å². The molecule has 1 fully saturated rings. The summed E-state index contributed by atoms with van der Waals surface area (Å²) in [6.07, 6.45) is 3.72. The molecular formula is C30H31N5O4. The maximum absolute atomic E-state index is 12.6. The molecule has 2 aromatic carbocycles. The zero-order valence-electron chi connectivity index (χ0n) is 22.5. The first kappa shape index (κ1) is 25.1. The Morgan fingerprint density at radius 3 is 2.49 bits per heavy atom. The van der Waals surface area contributed by atoms with E-state index in [-0.39, 0.29) is 12.0 Å². The van der Waals surface area contributed by atoms with E-state index in [9.17, 15) is 4.79 Å². The van der Waals surface area contributed by atoms with E-state index in [1.54, 1.807) is 17.9 Å². The maximum Gasteiger partial charge on any atom is 0.337 e. The minimum Gasteiger partial charge on any atom is -0.497 e. The van der Waals surface area contributed by atoms with Crippen molar-refractivity contribution in [2.75, 3.05) is 27.4 Å². The van der Waals surface area contributed by atoms with Crippen LogP contribution in [0.5, 0.6) is 5.75 Å². The fourth-order valence-electron chi connectivity index (χ4n) is 5.90. The van der Waals surface area contributed by atoms with Crippen LogP contribution in [0.3, 0.4) is 0 Å². The molecule has 0 amide bonds. The number of ether oxygens (including phenoxy) is 3. The molecule has 1 aliphatic heterocycles. The number of hydrogen-bond donors (Lipinski definition) is 0. The minimum atomic E-state index is -0.369. The second-order valence-electron chi connectivity index (χ2n) is 10.0. The number of carbonyl (C=O) groups is 1. The molecule has 0 bridgehead atoms. The molecule has 0 saturated carbocycles. The van der Waals surface area contributed by atoms with Crippen molar-refractivity contribution >= 4 is 27.9 Å². The van der Waals surface area contributed by atoms with Crippen molar-refractivity contribution in [1.82, 2.24) is 24.5 Å². The summed E-state index contributed by atoms with van der Waals surface area (Å²) < 4.78 is 20.4. The summed E-state index contributed by atoms with van der Waals surface area (Å²) in [6, 6.07) is 16.1. The van der Waals surface area contributed by atoms with Crippen molar-refractivity contribution < 1.29 is 19.0 Å². The predicted molar refractivity (Wildman–Crippen MR) is 148 cm³/mol. The lowest BCUT2D eigenvalue weighted by molar-refractivity contribution is 0.0552. The van der Waals surface area contributed by atoms with Crippen molar-refractivity contribution in [2.45, 2.75) is 25.8 Å². The van der Waals surface area contributed by atoms with E-state index < -0.39 is 0 Å². The smallest absolute Gasteiger partial charge is 0.337 e. The second-order valence-corrected chi connectivity index (χ2v) is 10.0. The van der Waals surface area contributed by atoms with Gasteiger partial charge in [-0.25, -0.2) is 9.48 Å². The third-order valence-corrected chi connectivity index (χ3v) is 7.78. The van der Waals surface area contributed by atoms with Gasteiger partial charge in [0.25, 0.3) is 0 Å². The van der Waals surface area contributed by atoms with Crippen LogP contribution >= 0.6 is 0 Å². The number of aryl methyl sites for hydroxylation is 2. The zero-order valence-corrected chi connectivity index (χ0v) is 22.5. The number of carbonyl (C=O) groups excluding carboxylic acids is 1. The average molecular weight is 526 g/mol. The summed E-state index contributed by atoms with van der Waals surface area (Å²) in [4.78, 5) is 17.5. The normalized spacial score (nSPS) is 15.1. The van der Waals surface area contributed by atoms with E-state index in [4.69, 9.17) is 19.2 Å². The van der Waals surface area contributed by atoms with Gasteiger partial charge in [0.1, 0.15) is 5.75 Å². The van der Waals surface area contributed by atoms with E-state index in [0.29, 0.717) is 24.7 Å². The molecule has 0 aliphatic carbocycles. The summed E-state index contributed by atoms with van der Waals surface area (Å²) in [7, 11) is 4.97. The Balaban J connectivity index is 1.67. The van der Waals surface area contributed by atoms with Crippen LogP contribution in [0.4, 0.5) is 0 Å². The Labute approximate surface area is 226 Å². The summed E-state index contributed by atoms with van der Waals surface area (Å²) in [5, 5.41) is 9.44. The summed E-state index contributed by atoms with van der Waals surface area (Å²) in [6.45, 7) is 3.38. The van der Waals surface area contributed by atoms with Gasteiger partial charge in [0.15, 0.2) is 0 Å². The monoisotopic (exact) mass is 525 g/mol. The SMILES string of the molecule is COC(=O)c1ccc2c3ncc(-c4c(C)nnn4C)cc3n(C(c3ccc(OC)cc3)C3CCOCC3)c2c1. The van der Waals surface area contributed by atoms with Gasteiger partial charge in [0, 0.05) is 37.4 Å². The number of pyridine rings is 1. The lowest BCUT2D eigenvalue weighted by atomic mass is 9.86. The molecule has 5 aromatic rings. The van der Waals surface area contributed by atoms with E-state index in [0.717, 1.165) is 63.0 Å². The first-order chi connectivity index (χ1) is 19.0. The fourth-order valence-corrected chi connectivity index (χ4v) is 5.90. The Morgan fingerprint density at radius 1 is 1.05 bits per heavy atom. The zero-order chi connectivity index (χ0) is 27.1. The molecule has 39 heavy (non-hydrogen) atoms.